The molecule has 0 saturated heterocycles. The monoisotopic (exact) mass is 266 g/mol. The molecular formula is C16H14N2S. The van der Waals surface area contributed by atoms with Crippen molar-refractivity contribution < 1.29 is 0 Å². The van der Waals surface area contributed by atoms with Crippen LogP contribution in [0.1, 0.15) is 11.1 Å². The van der Waals surface area contributed by atoms with E-state index in [-0.39, 0.29) is 0 Å². The molecule has 3 aromatic rings. The molecule has 0 unspecified atom stereocenters. The Hall–Kier alpha value is -2.00. The van der Waals surface area contributed by atoms with E-state index < -0.39 is 0 Å². The molecule has 19 heavy (non-hydrogen) atoms. The second-order valence-corrected chi connectivity index (χ2v) is 5.58. The Bertz CT molecular complexity index is 754. The van der Waals surface area contributed by atoms with Crippen molar-refractivity contribution >= 4 is 34.0 Å². The SMILES string of the molecule is C=Nc1ccc(-c2nc3ccc(C)c(C)c3s2)cc1. The van der Waals surface area contributed by atoms with Crippen LogP contribution in [0.2, 0.25) is 0 Å². The largest absolute Gasteiger partial charge is 0.265 e. The summed E-state index contributed by atoms with van der Waals surface area (Å²) in [6, 6.07) is 12.2. The molecule has 1 aromatic heterocycles. The molecule has 3 rings (SSSR count). The van der Waals surface area contributed by atoms with E-state index in [2.05, 4.69) is 37.7 Å². The van der Waals surface area contributed by atoms with Crippen molar-refractivity contribution in [2.75, 3.05) is 0 Å². The van der Waals surface area contributed by atoms with Crippen LogP contribution < -0.4 is 0 Å². The van der Waals surface area contributed by atoms with E-state index in [1.807, 2.05) is 24.3 Å². The highest BCUT2D eigenvalue weighted by Crippen LogP contribution is 2.33. The molecule has 2 aromatic carbocycles. The summed E-state index contributed by atoms with van der Waals surface area (Å²) in [5.41, 5.74) is 5.73. The normalized spacial score (nSPS) is 10.8. The number of rotatable bonds is 2. The number of hydrogen-bond acceptors (Lipinski definition) is 3. The van der Waals surface area contributed by atoms with Gasteiger partial charge in [-0.1, -0.05) is 6.07 Å². The third-order valence-electron chi connectivity index (χ3n) is 3.37. The predicted molar refractivity (Wildman–Crippen MR) is 83.7 cm³/mol. The Labute approximate surface area is 116 Å². The maximum atomic E-state index is 4.71. The summed E-state index contributed by atoms with van der Waals surface area (Å²) in [5, 5.41) is 1.05. The van der Waals surface area contributed by atoms with Gasteiger partial charge in [-0.3, -0.25) is 4.99 Å². The van der Waals surface area contributed by atoms with Crippen molar-refractivity contribution in [3.8, 4) is 10.6 Å². The Morgan fingerprint density at radius 1 is 1.05 bits per heavy atom. The zero-order valence-electron chi connectivity index (χ0n) is 11.0. The van der Waals surface area contributed by atoms with Crippen molar-refractivity contribution in [2.24, 2.45) is 4.99 Å². The molecule has 0 fully saturated rings. The maximum absolute atomic E-state index is 4.71. The van der Waals surface area contributed by atoms with Gasteiger partial charge in [0.1, 0.15) is 5.01 Å². The number of benzene rings is 2. The molecule has 0 aliphatic carbocycles. The Kier molecular flexibility index (Phi) is 2.91. The van der Waals surface area contributed by atoms with Crippen LogP contribution in [0.5, 0.6) is 0 Å². The summed E-state index contributed by atoms with van der Waals surface area (Å²) in [4.78, 5) is 8.62. The fraction of sp³-hybridized carbons (Fsp3) is 0.125. The van der Waals surface area contributed by atoms with Crippen LogP contribution in [0.15, 0.2) is 41.4 Å². The summed E-state index contributed by atoms with van der Waals surface area (Å²) in [5.74, 6) is 0. The van der Waals surface area contributed by atoms with Gasteiger partial charge in [-0.05, 0) is 62.0 Å². The third-order valence-corrected chi connectivity index (χ3v) is 4.61. The Balaban J connectivity index is 2.14. The summed E-state index contributed by atoms with van der Waals surface area (Å²) in [7, 11) is 0. The van der Waals surface area contributed by atoms with Crippen LogP contribution in [0, 0.1) is 13.8 Å². The molecule has 0 aliphatic rings. The zero-order chi connectivity index (χ0) is 13.4. The van der Waals surface area contributed by atoms with Crippen molar-refractivity contribution in [3.05, 3.63) is 47.5 Å². The van der Waals surface area contributed by atoms with E-state index in [1.165, 1.54) is 15.8 Å². The van der Waals surface area contributed by atoms with Crippen molar-refractivity contribution in [2.45, 2.75) is 13.8 Å². The smallest absolute Gasteiger partial charge is 0.124 e. The molecule has 0 aliphatic heterocycles. The van der Waals surface area contributed by atoms with Gasteiger partial charge in [0.05, 0.1) is 15.9 Å². The number of aryl methyl sites for hydroxylation is 2. The van der Waals surface area contributed by atoms with E-state index in [0.29, 0.717) is 0 Å². The molecule has 94 valence electrons. The van der Waals surface area contributed by atoms with E-state index in [9.17, 15) is 0 Å². The lowest BCUT2D eigenvalue weighted by Crippen LogP contribution is -1.79. The first-order chi connectivity index (χ1) is 9.19. The second kappa shape index (κ2) is 4.59. The quantitative estimate of drug-likeness (QED) is 0.605. The summed E-state index contributed by atoms with van der Waals surface area (Å²) in [6.07, 6.45) is 0. The number of thiazole rings is 1. The van der Waals surface area contributed by atoms with Gasteiger partial charge < -0.3 is 0 Å². The summed E-state index contributed by atoms with van der Waals surface area (Å²) in [6.45, 7) is 7.82. The van der Waals surface area contributed by atoms with Gasteiger partial charge in [0, 0.05) is 5.56 Å². The molecule has 2 nitrogen and oxygen atoms in total. The highest BCUT2D eigenvalue weighted by Gasteiger charge is 2.09. The standard InChI is InChI=1S/C16H14N2S/c1-10-4-9-14-15(11(10)2)19-16(18-14)12-5-7-13(17-3)8-6-12/h4-9H,3H2,1-2H3. The van der Waals surface area contributed by atoms with Crippen LogP contribution in [-0.4, -0.2) is 11.7 Å². The molecule has 3 heteroatoms. The molecular weight excluding hydrogens is 252 g/mol. The van der Waals surface area contributed by atoms with E-state index in [1.54, 1.807) is 11.3 Å². The first-order valence-corrected chi connectivity index (χ1v) is 6.94. The van der Waals surface area contributed by atoms with Crippen molar-refractivity contribution in [3.63, 3.8) is 0 Å². The molecule has 0 radical (unpaired) electrons. The fourth-order valence-corrected chi connectivity index (χ4v) is 3.18. The number of aromatic nitrogens is 1. The van der Waals surface area contributed by atoms with Gasteiger partial charge in [-0.15, -0.1) is 11.3 Å². The van der Waals surface area contributed by atoms with Crippen LogP contribution in [0.4, 0.5) is 5.69 Å². The van der Waals surface area contributed by atoms with Crippen LogP contribution in [0.25, 0.3) is 20.8 Å². The molecule has 0 atom stereocenters. The maximum Gasteiger partial charge on any atom is 0.124 e. The Morgan fingerprint density at radius 2 is 1.79 bits per heavy atom. The number of fused-ring (bicyclic) bond motifs is 1. The van der Waals surface area contributed by atoms with E-state index in [4.69, 9.17) is 4.98 Å². The number of hydrogen-bond donors (Lipinski definition) is 0. The lowest BCUT2D eigenvalue weighted by molar-refractivity contribution is 1.37. The first-order valence-electron chi connectivity index (χ1n) is 6.13. The van der Waals surface area contributed by atoms with E-state index >= 15 is 0 Å². The van der Waals surface area contributed by atoms with Gasteiger partial charge in [-0.25, -0.2) is 4.98 Å². The Morgan fingerprint density at radius 3 is 2.47 bits per heavy atom. The lowest BCUT2D eigenvalue weighted by Gasteiger charge is -1.98. The number of aliphatic imine (C=N–C) groups is 1. The number of nitrogens with zero attached hydrogens (tertiary/aromatic N) is 2. The predicted octanol–water partition coefficient (Wildman–Crippen LogP) is 4.91. The van der Waals surface area contributed by atoms with E-state index in [0.717, 1.165) is 21.8 Å². The van der Waals surface area contributed by atoms with Crippen LogP contribution in [0.3, 0.4) is 0 Å². The van der Waals surface area contributed by atoms with Gasteiger partial charge in [0.25, 0.3) is 0 Å². The van der Waals surface area contributed by atoms with Gasteiger partial charge in [0.15, 0.2) is 0 Å². The lowest BCUT2D eigenvalue weighted by atomic mass is 10.1. The average molecular weight is 266 g/mol. The minimum Gasteiger partial charge on any atom is -0.265 e. The van der Waals surface area contributed by atoms with Gasteiger partial charge >= 0.3 is 0 Å². The molecule has 0 N–H and O–H groups in total. The molecule has 0 saturated carbocycles. The van der Waals surface area contributed by atoms with Gasteiger partial charge in [-0.2, -0.15) is 0 Å². The summed E-state index contributed by atoms with van der Waals surface area (Å²) < 4.78 is 1.28. The minimum atomic E-state index is 0.886. The molecule has 0 spiro atoms. The summed E-state index contributed by atoms with van der Waals surface area (Å²) >= 11 is 1.75. The fourth-order valence-electron chi connectivity index (χ4n) is 2.05. The average Bonchev–Trinajstić information content (AvgIpc) is 2.88. The van der Waals surface area contributed by atoms with Crippen molar-refractivity contribution in [1.29, 1.82) is 0 Å². The third kappa shape index (κ3) is 2.06. The minimum absolute atomic E-state index is 0.886. The molecule has 1 heterocycles. The molecule has 0 amide bonds. The first kappa shape index (κ1) is 12.1. The van der Waals surface area contributed by atoms with Crippen LogP contribution in [-0.2, 0) is 0 Å². The van der Waals surface area contributed by atoms with Crippen LogP contribution >= 0.6 is 11.3 Å². The highest BCUT2D eigenvalue weighted by molar-refractivity contribution is 7.21. The van der Waals surface area contributed by atoms with Gasteiger partial charge in [0.2, 0.25) is 0 Å². The second-order valence-electron chi connectivity index (χ2n) is 4.58. The topological polar surface area (TPSA) is 25.2 Å². The molecule has 0 bridgehead atoms. The van der Waals surface area contributed by atoms with Crippen molar-refractivity contribution in [1.82, 2.24) is 4.98 Å². The highest BCUT2D eigenvalue weighted by atomic mass is 32.1. The zero-order valence-corrected chi connectivity index (χ0v) is 11.8.